The van der Waals surface area contributed by atoms with Crippen LogP contribution in [0.25, 0.3) is 0 Å². The highest BCUT2D eigenvalue weighted by atomic mass is 35.5. The highest BCUT2D eigenvalue weighted by Crippen LogP contribution is 2.30. The molecule has 0 aliphatic heterocycles. The Morgan fingerprint density at radius 3 is 2.94 bits per heavy atom. The lowest BCUT2D eigenvalue weighted by Crippen LogP contribution is -2.12. The first kappa shape index (κ1) is 13.3. The number of nitrogens with one attached hydrogen (secondary N) is 1. The Balaban J connectivity index is 2.21. The molecule has 18 heavy (non-hydrogen) atoms. The van der Waals surface area contributed by atoms with E-state index in [1.807, 2.05) is 24.3 Å². The highest BCUT2D eigenvalue weighted by Gasteiger charge is 2.06. The smallest absolute Gasteiger partial charge is 0.116 e. The number of hydrogen-bond donors (Lipinski definition) is 1. The molecule has 0 saturated carbocycles. The summed E-state index contributed by atoms with van der Waals surface area (Å²) in [6, 6.07) is 7.83. The van der Waals surface area contributed by atoms with E-state index >= 15 is 0 Å². The standard InChI is InChI=1S/C13H14ClN3S/c1-2-15-8-10-7-11(14)3-4-12(10)18-13-5-6-16-9-17-13/h3-7,9,15H,2,8H2,1H3. The third-order valence-electron chi connectivity index (χ3n) is 2.36. The maximum atomic E-state index is 6.04. The zero-order valence-corrected chi connectivity index (χ0v) is 11.6. The summed E-state index contributed by atoms with van der Waals surface area (Å²) in [5.41, 5.74) is 1.19. The summed E-state index contributed by atoms with van der Waals surface area (Å²) in [7, 11) is 0. The van der Waals surface area contributed by atoms with E-state index in [0.29, 0.717) is 0 Å². The van der Waals surface area contributed by atoms with Gasteiger partial charge >= 0.3 is 0 Å². The fraction of sp³-hybridized carbons (Fsp3) is 0.231. The number of halogens is 1. The highest BCUT2D eigenvalue weighted by molar-refractivity contribution is 7.99. The van der Waals surface area contributed by atoms with Crippen LogP contribution in [0.1, 0.15) is 12.5 Å². The molecule has 94 valence electrons. The molecule has 1 aromatic heterocycles. The van der Waals surface area contributed by atoms with Crippen LogP contribution in [-0.2, 0) is 6.54 Å². The van der Waals surface area contributed by atoms with Crippen LogP contribution in [0.2, 0.25) is 5.02 Å². The van der Waals surface area contributed by atoms with E-state index in [1.54, 1.807) is 24.3 Å². The zero-order valence-electron chi connectivity index (χ0n) is 10.1. The van der Waals surface area contributed by atoms with Crippen molar-refractivity contribution in [2.45, 2.75) is 23.4 Å². The largest absolute Gasteiger partial charge is 0.313 e. The van der Waals surface area contributed by atoms with Crippen LogP contribution in [0.4, 0.5) is 0 Å². The first-order chi connectivity index (χ1) is 8.79. The lowest BCUT2D eigenvalue weighted by atomic mass is 10.2. The lowest BCUT2D eigenvalue weighted by molar-refractivity contribution is 0.718. The van der Waals surface area contributed by atoms with E-state index in [9.17, 15) is 0 Å². The number of benzene rings is 1. The first-order valence-corrected chi connectivity index (χ1v) is 6.92. The molecule has 0 aliphatic rings. The van der Waals surface area contributed by atoms with E-state index in [0.717, 1.165) is 23.1 Å². The van der Waals surface area contributed by atoms with Crippen molar-refractivity contribution in [2.24, 2.45) is 0 Å². The molecule has 1 N–H and O–H groups in total. The van der Waals surface area contributed by atoms with Crippen molar-refractivity contribution in [3.63, 3.8) is 0 Å². The van der Waals surface area contributed by atoms with Gasteiger partial charge in [-0.15, -0.1) is 0 Å². The molecule has 1 aromatic carbocycles. The third kappa shape index (κ3) is 3.70. The average molecular weight is 280 g/mol. The zero-order chi connectivity index (χ0) is 12.8. The molecule has 0 unspecified atom stereocenters. The van der Waals surface area contributed by atoms with E-state index < -0.39 is 0 Å². The molecule has 1 heterocycles. The lowest BCUT2D eigenvalue weighted by Gasteiger charge is -2.09. The molecule has 2 rings (SSSR count). The van der Waals surface area contributed by atoms with Crippen LogP contribution in [0.5, 0.6) is 0 Å². The van der Waals surface area contributed by atoms with E-state index in [2.05, 4.69) is 22.2 Å². The van der Waals surface area contributed by atoms with Gasteiger partial charge in [0, 0.05) is 22.7 Å². The van der Waals surface area contributed by atoms with Gasteiger partial charge in [0.1, 0.15) is 11.4 Å². The molecule has 0 aliphatic carbocycles. The predicted octanol–water partition coefficient (Wildman–Crippen LogP) is 3.39. The summed E-state index contributed by atoms with van der Waals surface area (Å²) in [4.78, 5) is 9.30. The Morgan fingerprint density at radius 2 is 2.22 bits per heavy atom. The van der Waals surface area contributed by atoms with E-state index in [-0.39, 0.29) is 0 Å². The quantitative estimate of drug-likeness (QED) is 0.852. The Kier molecular flexibility index (Phi) is 4.99. The van der Waals surface area contributed by atoms with Crippen LogP contribution in [0.3, 0.4) is 0 Å². The number of rotatable bonds is 5. The van der Waals surface area contributed by atoms with Crippen molar-refractivity contribution in [3.05, 3.63) is 47.4 Å². The number of nitrogens with zero attached hydrogens (tertiary/aromatic N) is 2. The third-order valence-corrected chi connectivity index (χ3v) is 3.66. The van der Waals surface area contributed by atoms with Gasteiger partial charge in [0.15, 0.2) is 0 Å². The molecule has 0 saturated heterocycles. The van der Waals surface area contributed by atoms with Crippen LogP contribution < -0.4 is 5.32 Å². The van der Waals surface area contributed by atoms with Crippen LogP contribution >= 0.6 is 23.4 Å². The van der Waals surface area contributed by atoms with Crippen LogP contribution in [-0.4, -0.2) is 16.5 Å². The van der Waals surface area contributed by atoms with Gasteiger partial charge in [-0.25, -0.2) is 9.97 Å². The predicted molar refractivity (Wildman–Crippen MR) is 75.0 cm³/mol. The SMILES string of the molecule is CCNCc1cc(Cl)ccc1Sc1ccncn1. The molecule has 5 heteroatoms. The first-order valence-electron chi connectivity index (χ1n) is 5.72. The van der Waals surface area contributed by atoms with Crippen molar-refractivity contribution in [3.8, 4) is 0 Å². The summed E-state index contributed by atoms with van der Waals surface area (Å²) in [6.07, 6.45) is 3.30. The van der Waals surface area contributed by atoms with Crippen LogP contribution in [0.15, 0.2) is 46.7 Å². The maximum absolute atomic E-state index is 6.04. The van der Waals surface area contributed by atoms with Gasteiger partial charge in [0.25, 0.3) is 0 Å². The van der Waals surface area contributed by atoms with Crippen LogP contribution in [0, 0.1) is 0 Å². The van der Waals surface area contributed by atoms with Crippen molar-refractivity contribution >= 4 is 23.4 Å². The Bertz CT molecular complexity index is 505. The average Bonchev–Trinajstić information content (AvgIpc) is 2.40. The number of aromatic nitrogens is 2. The number of hydrogen-bond acceptors (Lipinski definition) is 4. The summed E-state index contributed by atoms with van der Waals surface area (Å²) < 4.78 is 0. The van der Waals surface area contributed by atoms with Gasteiger partial charge in [-0.3, -0.25) is 0 Å². The molecule has 0 amide bonds. The van der Waals surface area contributed by atoms with Crippen molar-refractivity contribution < 1.29 is 0 Å². The van der Waals surface area contributed by atoms with Gasteiger partial charge in [-0.1, -0.05) is 30.3 Å². The van der Waals surface area contributed by atoms with Gasteiger partial charge in [-0.05, 0) is 36.4 Å². The van der Waals surface area contributed by atoms with Gasteiger partial charge in [-0.2, -0.15) is 0 Å². The minimum absolute atomic E-state index is 0.759. The fourth-order valence-electron chi connectivity index (χ4n) is 1.50. The second-order valence-corrected chi connectivity index (χ2v) is 5.18. The Morgan fingerprint density at radius 1 is 1.33 bits per heavy atom. The minimum Gasteiger partial charge on any atom is -0.313 e. The normalized spacial score (nSPS) is 10.6. The molecule has 0 bridgehead atoms. The molecule has 3 nitrogen and oxygen atoms in total. The fourth-order valence-corrected chi connectivity index (χ4v) is 2.54. The summed E-state index contributed by atoms with van der Waals surface area (Å²) in [5, 5.41) is 5.01. The molecule has 0 spiro atoms. The summed E-state index contributed by atoms with van der Waals surface area (Å²) in [5.74, 6) is 0. The minimum atomic E-state index is 0.759. The molecule has 2 aromatic rings. The summed E-state index contributed by atoms with van der Waals surface area (Å²) in [6.45, 7) is 3.83. The topological polar surface area (TPSA) is 37.8 Å². The van der Waals surface area contributed by atoms with E-state index in [4.69, 9.17) is 11.6 Å². The van der Waals surface area contributed by atoms with Crippen molar-refractivity contribution in [1.82, 2.24) is 15.3 Å². The van der Waals surface area contributed by atoms with Crippen molar-refractivity contribution in [2.75, 3.05) is 6.54 Å². The molecular formula is C13H14ClN3S. The second-order valence-electron chi connectivity index (χ2n) is 3.68. The molecule has 0 atom stereocenters. The molecular weight excluding hydrogens is 266 g/mol. The second kappa shape index (κ2) is 6.73. The monoisotopic (exact) mass is 279 g/mol. The van der Waals surface area contributed by atoms with E-state index in [1.165, 1.54) is 10.5 Å². The van der Waals surface area contributed by atoms with Gasteiger partial charge in [0.05, 0.1) is 0 Å². The molecule has 0 radical (unpaired) electrons. The Hall–Kier alpha value is -1.10. The maximum Gasteiger partial charge on any atom is 0.116 e. The van der Waals surface area contributed by atoms with Crippen molar-refractivity contribution in [1.29, 1.82) is 0 Å². The van der Waals surface area contributed by atoms with Gasteiger partial charge < -0.3 is 5.32 Å². The van der Waals surface area contributed by atoms with Gasteiger partial charge in [0.2, 0.25) is 0 Å². The summed E-state index contributed by atoms with van der Waals surface area (Å²) >= 11 is 7.66. The Labute approximate surface area is 116 Å². The molecule has 0 fully saturated rings.